The van der Waals surface area contributed by atoms with Crippen LogP contribution in [0.5, 0.6) is 5.75 Å². The van der Waals surface area contributed by atoms with Gasteiger partial charge < -0.3 is 10.2 Å². The number of nitrogen functional groups attached to an aromatic ring is 1. The molecule has 0 bridgehead atoms. The molecule has 2 aromatic rings. The van der Waals surface area contributed by atoms with E-state index in [-0.39, 0.29) is 11.4 Å². The number of nitrogens with zero attached hydrogens (tertiary/aromatic N) is 1. The van der Waals surface area contributed by atoms with Crippen LogP contribution in [-0.2, 0) is 16.6 Å². The molecule has 0 spiro atoms. The first-order chi connectivity index (χ1) is 10.0. The van der Waals surface area contributed by atoms with Gasteiger partial charge in [-0.25, -0.2) is 24.0 Å². The molecule has 2 rings (SSSR count). The van der Waals surface area contributed by atoms with Gasteiger partial charge in [0.05, 0.1) is 7.11 Å². The average Bonchev–Trinajstić information content (AvgIpc) is 2.53. The Balaban J connectivity index is 2.05. The van der Waals surface area contributed by atoms with Gasteiger partial charge in [-0.2, -0.15) is 0 Å². The average molecular weight is 308 g/mol. The summed E-state index contributed by atoms with van der Waals surface area (Å²) in [5.41, 5.74) is 3.16. The summed E-state index contributed by atoms with van der Waals surface area (Å²) in [5, 5.41) is 0. The van der Waals surface area contributed by atoms with E-state index in [1.54, 1.807) is 31.4 Å². The molecule has 21 heavy (non-hydrogen) atoms. The normalized spacial score (nSPS) is 11.1. The van der Waals surface area contributed by atoms with Gasteiger partial charge in [-0.05, 0) is 29.8 Å². The summed E-state index contributed by atoms with van der Waals surface area (Å²) >= 11 is 0. The molecule has 0 aliphatic rings. The summed E-state index contributed by atoms with van der Waals surface area (Å²) < 4.78 is 31.8. The summed E-state index contributed by atoms with van der Waals surface area (Å²) in [6.07, 6.45) is 1.24. The van der Waals surface area contributed by atoms with Crippen molar-refractivity contribution in [1.29, 1.82) is 0 Å². The zero-order valence-corrected chi connectivity index (χ0v) is 12.2. The van der Waals surface area contributed by atoms with Crippen molar-refractivity contribution >= 4 is 15.8 Å². The number of ether oxygens (including phenoxy) is 1. The van der Waals surface area contributed by atoms with Crippen molar-refractivity contribution < 1.29 is 13.2 Å². The van der Waals surface area contributed by atoms with Gasteiger partial charge in [-0.3, -0.25) is 0 Å². The number of methoxy groups -OCH3 is 1. The van der Waals surface area contributed by atoms with Gasteiger partial charge in [-0.15, -0.1) is 0 Å². The molecular formula is C13H16N4O3S. The number of nitrogens with one attached hydrogen (secondary N) is 2. The van der Waals surface area contributed by atoms with E-state index in [4.69, 9.17) is 10.6 Å². The van der Waals surface area contributed by atoms with Gasteiger partial charge >= 0.3 is 0 Å². The minimum absolute atomic E-state index is 0.0787. The number of hydrazine groups is 1. The van der Waals surface area contributed by atoms with Crippen LogP contribution in [0.25, 0.3) is 0 Å². The van der Waals surface area contributed by atoms with Gasteiger partial charge in [0.1, 0.15) is 16.5 Å². The highest BCUT2D eigenvalue weighted by Crippen LogP contribution is 2.13. The van der Waals surface area contributed by atoms with E-state index in [2.05, 4.69) is 15.1 Å². The molecule has 112 valence electrons. The largest absolute Gasteiger partial charge is 0.497 e. The summed E-state index contributed by atoms with van der Waals surface area (Å²) in [6, 6.07) is 10.0. The van der Waals surface area contributed by atoms with Gasteiger partial charge in [-0.1, -0.05) is 12.1 Å². The van der Waals surface area contributed by atoms with Crippen LogP contribution in [0.3, 0.4) is 0 Å². The second kappa shape index (κ2) is 6.53. The van der Waals surface area contributed by atoms with Crippen molar-refractivity contribution in [3.63, 3.8) is 0 Å². The molecule has 7 nitrogen and oxygen atoms in total. The first-order valence-electron chi connectivity index (χ1n) is 6.10. The highest BCUT2D eigenvalue weighted by molar-refractivity contribution is 7.89. The topological polar surface area (TPSA) is 106 Å². The van der Waals surface area contributed by atoms with Crippen molar-refractivity contribution in [1.82, 2.24) is 9.71 Å². The Morgan fingerprint density at radius 2 is 1.90 bits per heavy atom. The summed E-state index contributed by atoms with van der Waals surface area (Å²) in [5.74, 6) is 6.29. The molecule has 1 aromatic carbocycles. The third-order valence-electron chi connectivity index (χ3n) is 2.82. The number of pyridine rings is 1. The molecule has 0 aliphatic carbocycles. The monoisotopic (exact) mass is 308 g/mol. The van der Waals surface area contributed by atoms with Crippen molar-refractivity contribution in [2.75, 3.05) is 12.5 Å². The van der Waals surface area contributed by atoms with E-state index in [1.165, 1.54) is 18.3 Å². The smallest absolute Gasteiger partial charge is 0.242 e. The number of anilines is 1. The maximum Gasteiger partial charge on any atom is 0.242 e. The number of aromatic nitrogens is 1. The van der Waals surface area contributed by atoms with Crippen LogP contribution < -0.4 is 20.7 Å². The molecule has 1 aromatic heterocycles. The number of benzene rings is 1. The fourth-order valence-electron chi connectivity index (χ4n) is 1.63. The Labute approximate surface area is 123 Å². The second-order valence-electron chi connectivity index (χ2n) is 4.20. The molecule has 0 aliphatic heterocycles. The highest BCUT2D eigenvalue weighted by atomic mass is 32.2. The highest BCUT2D eigenvalue weighted by Gasteiger charge is 2.14. The lowest BCUT2D eigenvalue weighted by molar-refractivity contribution is 0.414. The van der Waals surface area contributed by atoms with Crippen LogP contribution in [0.2, 0.25) is 0 Å². The second-order valence-corrected chi connectivity index (χ2v) is 5.96. The van der Waals surface area contributed by atoms with Crippen LogP contribution in [0.4, 0.5) is 5.82 Å². The number of sulfonamides is 1. The Morgan fingerprint density at radius 3 is 2.43 bits per heavy atom. The fourth-order valence-corrected chi connectivity index (χ4v) is 2.59. The molecule has 1 heterocycles. The first kappa shape index (κ1) is 15.2. The summed E-state index contributed by atoms with van der Waals surface area (Å²) in [4.78, 5) is 3.95. The lowest BCUT2D eigenvalue weighted by atomic mass is 10.2. The van der Waals surface area contributed by atoms with Crippen LogP contribution in [0.1, 0.15) is 5.56 Å². The zero-order valence-electron chi connectivity index (χ0n) is 11.4. The fraction of sp³-hybridized carbons (Fsp3) is 0.154. The van der Waals surface area contributed by atoms with E-state index in [0.717, 1.165) is 11.3 Å². The van der Waals surface area contributed by atoms with Gasteiger partial charge in [0.15, 0.2) is 0 Å². The van der Waals surface area contributed by atoms with Crippen molar-refractivity contribution in [2.45, 2.75) is 11.4 Å². The molecular weight excluding hydrogens is 292 g/mol. The quantitative estimate of drug-likeness (QED) is 0.539. The summed E-state index contributed by atoms with van der Waals surface area (Å²) in [6.45, 7) is 0.184. The Hall–Kier alpha value is -2.16. The lowest BCUT2D eigenvalue weighted by Gasteiger charge is -2.08. The molecule has 4 N–H and O–H groups in total. The summed E-state index contributed by atoms with van der Waals surface area (Å²) in [7, 11) is -2.04. The third kappa shape index (κ3) is 3.91. The Kier molecular flexibility index (Phi) is 4.73. The molecule has 0 unspecified atom stereocenters. The van der Waals surface area contributed by atoms with Gasteiger partial charge in [0, 0.05) is 12.7 Å². The van der Waals surface area contributed by atoms with Crippen molar-refractivity contribution in [2.24, 2.45) is 5.84 Å². The van der Waals surface area contributed by atoms with E-state index in [9.17, 15) is 8.42 Å². The Bertz CT molecular complexity index is 684. The zero-order chi connectivity index (χ0) is 15.3. The first-order valence-corrected chi connectivity index (χ1v) is 7.59. The number of hydrogen-bond donors (Lipinski definition) is 3. The molecule has 0 atom stereocenters. The van der Waals surface area contributed by atoms with Crippen LogP contribution in [-0.4, -0.2) is 20.5 Å². The van der Waals surface area contributed by atoms with Crippen LogP contribution >= 0.6 is 0 Å². The molecule has 8 heteroatoms. The van der Waals surface area contributed by atoms with Crippen LogP contribution in [0, 0.1) is 0 Å². The number of rotatable bonds is 6. The molecule has 0 saturated heterocycles. The van der Waals surface area contributed by atoms with Crippen molar-refractivity contribution in [3.05, 3.63) is 48.2 Å². The lowest BCUT2D eigenvalue weighted by Crippen LogP contribution is -2.23. The standard InChI is InChI=1S/C13H16N4O3S/c1-20-11-4-2-10(3-5-11)8-16-21(18,19)12-6-7-13(17-14)15-9-12/h2-7,9,16H,8,14H2,1H3,(H,15,17). The van der Waals surface area contributed by atoms with Gasteiger partial charge in [0.2, 0.25) is 10.0 Å². The molecule has 0 amide bonds. The molecule has 0 radical (unpaired) electrons. The maximum atomic E-state index is 12.1. The number of nitrogens with two attached hydrogens (primary N) is 1. The molecule has 0 saturated carbocycles. The van der Waals surface area contributed by atoms with Crippen LogP contribution in [0.15, 0.2) is 47.5 Å². The third-order valence-corrected chi connectivity index (χ3v) is 4.21. The van der Waals surface area contributed by atoms with E-state index < -0.39 is 10.0 Å². The minimum atomic E-state index is -3.61. The SMILES string of the molecule is COc1ccc(CNS(=O)(=O)c2ccc(NN)nc2)cc1. The number of hydrogen-bond acceptors (Lipinski definition) is 6. The predicted molar refractivity (Wildman–Crippen MR) is 79.1 cm³/mol. The van der Waals surface area contributed by atoms with E-state index >= 15 is 0 Å². The Morgan fingerprint density at radius 1 is 1.19 bits per heavy atom. The minimum Gasteiger partial charge on any atom is -0.497 e. The van der Waals surface area contributed by atoms with E-state index in [1.807, 2.05) is 0 Å². The van der Waals surface area contributed by atoms with Crippen molar-refractivity contribution in [3.8, 4) is 5.75 Å². The van der Waals surface area contributed by atoms with E-state index in [0.29, 0.717) is 5.82 Å². The predicted octanol–water partition coefficient (Wildman–Crippen LogP) is 0.854. The van der Waals surface area contributed by atoms with Gasteiger partial charge in [0.25, 0.3) is 0 Å². The molecule has 0 fully saturated rings. The maximum absolute atomic E-state index is 12.1.